The highest BCUT2D eigenvalue weighted by Gasteiger charge is 2.52. The third-order valence-electron chi connectivity index (χ3n) is 8.34. The Kier molecular flexibility index (Phi) is 12.9. The number of benzene rings is 5. The summed E-state index contributed by atoms with van der Waals surface area (Å²) in [6.07, 6.45) is -2.73. The van der Waals surface area contributed by atoms with Crippen molar-refractivity contribution in [3.8, 4) is 5.75 Å². The number of hydrogen-bond acceptors (Lipinski definition) is 1. The molecular weight excluding hydrogens is 847 g/mol. The molecule has 0 unspecified atom stereocenters. The lowest BCUT2D eigenvalue weighted by Gasteiger charge is -2.44. The van der Waals surface area contributed by atoms with E-state index in [1.54, 1.807) is 7.11 Å². The molecule has 57 heavy (non-hydrogen) atoms. The Labute approximate surface area is 308 Å². The fourth-order valence-corrected chi connectivity index (χ4v) is 6.87. The zero-order valence-corrected chi connectivity index (χ0v) is 28.8. The molecule has 0 atom stereocenters. The van der Waals surface area contributed by atoms with Crippen LogP contribution in [0.5, 0.6) is 5.75 Å². The maximum atomic E-state index is 15.4. The van der Waals surface area contributed by atoms with Crippen LogP contribution in [0.4, 0.5) is 87.8 Å². The lowest BCUT2D eigenvalue weighted by Crippen LogP contribution is -2.81. The third-order valence-corrected chi connectivity index (χ3v) is 9.23. The van der Waals surface area contributed by atoms with E-state index < -0.39 is 144 Å². The van der Waals surface area contributed by atoms with Gasteiger partial charge in [0.15, 0.2) is 69.8 Å². The number of hydrogen-bond donors (Lipinski definition) is 0. The Morgan fingerprint density at radius 2 is 0.579 bits per heavy atom. The van der Waals surface area contributed by atoms with Crippen LogP contribution in [0.3, 0.4) is 0 Å². The van der Waals surface area contributed by atoms with Gasteiger partial charge in [0.2, 0.25) is 0 Å². The Bertz CT molecular complexity index is 2040. The lowest BCUT2D eigenvalue weighted by atomic mass is 9.12. The molecule has 0 saturated heterocycles. The molecule has 23 heteroatoms. The number of rotatable bonds is 7. The predicted octanol–water partition coefficient (Wildman–Crippen LogP) is 7.92. The van der Waals surface area contributed by atoms with Crippen molar-refractivity contribution >= 4 is 38.9 Å². The van der Waals surface area contributed by atoms with Crippen molar-refractivity contribution in [1.82, 2.24) is 0 Å². The van der Waals surface area contributed by atoms with E-state index in [4.69, 9.17) is 4.74 Å². The van der Waals surface area contributed by atoms with Gasteiger partial charge in [0.25, 0.3) is 0 Å². The van der Waals surface area contributed by atoms with Gasteiger partial charge in [0, 0.05) is 5.56 Å². The molecule has 1 nitrogen and oxygen atoms in total. The van der Waals surface area contributed by atoms with E-state index in [1.165, 1.54) is 5.56 Å². The van der Waals surface area contributed by atoms with E-state index in [1.807, 2.05) is 12.1 Å². The summed E-state index contributed by atoms with van der Waals surface area (Å²) < 4.78 is 299. The highest BCUT2D eigenvalue weighted by Crippen LogP contribution is 2.31. The van der Waals surface area contributed by atoms with Crippen LogP contribution >= 0.6 is 0 Å². The average Bonchev–Trinajstić information content (AvgIpc) is 3.18. The molecular formula is C34H15BF20OS. The summed E-state index contributed by atoms with van der Waals surface area (Å²) >= 11 is 0. The Morgan fingerprint density at radius 3 is 0.789 bits per heavy atom. The Morgan fingerprint density at radius 1 is 0.368 bits per heavy atom. The summed E-state index contributed by atoms with van der Waals surface area (Å²) in [5.74, 6) is -69.3. The smallest absolute Gasteiger partial charge is 0.200 e. The molecule has 0 aromatic heterocycles. The van der Waals surface area contributed by atoms with Crippen LogP contribution in [0, 0.1) is 116 Å². The standard InChI is InChI=1S/C24BF20.C10H15OS/c26-5-1(6(27)14(35)21(42)13(5)34)25(2-7(28)15(36)22(43)16(37)8(2)29,3-9(30)17(38)23(44)18(39)10(3)31)4-11(32)19(40)24(45)20(41)12(4)33;1-11-10-7-5-4-6-9(10)8-12(2)3/h;4-7H,8H2,1-3H3/q-1;+1. The molecule has 0 fully saturated rings. The fraction of sp³-hybridized carbons (Fsp3) is 0.118. The van der Waals surface area contributed by atoms with Crippen molar-refractivity contribution < 1.29 is 92.5 Å². The first kappa shape index (κ1) is 44.6. The van der Waals surface area contributed by atoms with Gasteiger partial charge in [-0.05, 0) is 17.0 Å². The van der Waals surface area contributed by atoms with Gasteiger partial charge in [0.1, 0.15) is 64.2 Å². The molecule has 5 aromatic rings. The largest absolute Gasteiger partial charge is 0.496 e. The molecule has 0 aliphatic carbocycles. The summed E-state index contributed by atoms with van der Waals surface area (Å²) in [5, 5.41) is 0. The van der Waals surface area contributed by atoms with E-state index in [0.717, 1.165) is 11.5 Å². The van der Waals surface area contributed by atoms with Crippen molar-refractivity contribution in [1.29, 1.82) is 0 Å². The van der Waals surface area contributed by atoms with Crippen molar-refractivity contribution in [2.24, 2.45) is 0 Å². The Hall–Kier alpha value is -5.09. The molecule has 5 aromatic carbocycles. The molecule has 0 N–H and O–H groups in total. The van der Waals surface area contributed by atoms with Crippen LogP contribution in [-0.2, 0) is 16.6 Å². The number of halogens is 20. The summed E-state index contributed by atoms with van der Waals surface area (Å²) in [4.78, 5) is 0. The summed E-state index contributed by atoms with van der Waals surface area (Å²) in [7, 11) is 2.17. The molecule has 0 aliphatic heterocycles. The summed E-state index contributed by atoms with van der Waals surface area (Å²) in [6, 6.07) is 8.21. The van der Waals surface area contributed by atoms with Gasteiger partial charge < -0.3 is 4.74 Å². The maximum Gasteiger partial charge on any atom is 0.200 e. The number of para-hydroxylation sites is 1. The minimum atomic E-state index is -7.22. The van der Waals surface area contributed by atoms with E-state index in [2.05, 4.69) is 24.6 Å². The first-order chi connectivity index (χ1) is 26.4. The minimum Gasteiger partial charge on any atom is -0.496 e. The van der Waals surface area contributed by atoms with Gasteiger partial charge in [-0.25, -0.2) is 87.8 Å². The zero-order chi connectivity index (χ0) is 43.3. The van der Waals surface area contributed by atoms with E-state index >= 15 is 35.1 Å². The van der Waals surface area contributed by atoms with Crippen LogP contribution in [0.1, 0.15) is 5.56 Å². The zero-order valence-electron chi connectivity index (χ0n) is 28.0. The normalized spacial score (nSPS) is 11.6. The van der Waals surface area contributed by atoms with Crippen LogP contribution in [0.25, 0.3) is 0 Å². The van der Waals surface area contributed by atoms with Crippen LogP contribution < -0.4 is 26.6 Å². The second-order valence-corrected chi connectivity index (χ2v) is 14.0. The van der Waals surface area contributed by atoms with Gasteiger partial charge in [-0.1, -0.05) is 18.2 Å². The van der Waals surface area contributed by atoms with Crippen LogP contribution in [0.15, 0.2) is 24.3 Å². The molecule has 0 amide bonds. The van der Waals surface area contributed by atoms with Gasteiger partial charge in [-0.15, -0.1) is 21.9 Å². The number of ether oxygens (including phenoxy) is 1. The molecule has 0 bridgehead atoms. The molecule has 306 valence electrons. The Balaban J connectivity index is 0.000000512. The monoisotopic (exact) mass is 862 g/mol. The molecule has 0 aliphatic rings. The van der Waals surface area contributed by atoms with Crippen LogP contribution in [0.2, 0.25) is 0 Å². The van der Waals surface area contributed by atoms with E-state index in [-0.39, 0.29) is 0 Å². The van der Waals surface area contributed by atoms with Gasteiger partial charge >= 0.3 is 0 Å². The first-order valence-electron chi connectivity index (χ1n) is 14.8. The molecule has 0 saturated carbocycles. The number of methoxy groups -OCH3 is 1. The maximum absolute atomic E-state index is 15.4. The molecule has 0 radical (unpaired) electrons. The predicted molar refractivity (Wildman–Crippen MR) is 165 cm³/mol. The lowest BCUT2D eigenvalue weighted by molar-refractivity contribution is 0.378. The van der Waals surface area contributed by atoms with Crippen molar-refractivity contribution in [3.63, 3.8) is 0 Å². The summed E-state index contributed by atoms with van der Waals surface area (Å²) in [6.45, 7) is 0. The molecule has 0 spiro atoms. The van der Waals surface area contributed by atoms with Crippen molar-refractivity contribution in [3.05, 3.63) is 146 Å². The third kappa shape index (κ3) is 7.00. The molecule has 5 rings (SSSR count). The minimum absolute atomic E-state index is 0.442. The van der Waals surface area contributed by atoms with Gasteiger partial charge in [-0.2, -0.15) is 0 Å². The van der Waals surface area contributed by atoms with E-state index in [0.29, 0.717) is 10.9 Å². The van der Waals surface area contributed by atoms with Crippen molar-refractivity contribution in [2.45, 2.75) is 5.75 Å². The fourth-order valence-electron chi connectivity index (χ4n) is 6.01. The van der Waals surface area contributed by atoms with Gasteiger partial charge in [-0.3, -0.25) is 0 Å². The second-order valence-electron chi connectivity index (χ2n) is 11.7. The van der Waals surface area contributed by atoms with E-state index in [9.17, 15) is 52.7 Å². The van der Waals surface area contributed by atoms with Crippen LogP contribution in [-0.4, -0.2) is 25.8 Å². The SMILES string of the molecule is COc1ccccc1C[S+](C)C.Fc1c(F)c(F)c([B-](c2c(F)c(F)c(F)c(F)c2F)(c2c(F)c(F)c(F)c(F)c2F)c2c(F)c(F)c(F)c(F)c2F)c(F)c1F. The summed E-state index contributed by atoms with van der Waals surface area (Å²) in [5.41, 5.74) is -13.0. The highest BCUT2D eigenvalue weighted by atomic mass is 32.2. The highest BCUT2D eigenvalue weighted by molar-refractivity contribution is 7.94. The van der Waals surface area contributed by atoms with Crippen molar-refractivity contribution in [2.75, 3.05) is 19.6 Å². The second kappa shape index (κ2) is 16.4. The quantitative estimate of drug-likeness (QED) is 0.0532. The van der Waals surface area contributed by atoms with Gasteiger partial charge in [0.05, 0.1) is 19.6 Å². The first-order valence-corrected chi connectivity index (χ1v) is 17.0. The topological polar surface area (TPSA) is 9.23 Å². The average molecular weight is 862 g/mol. The molecule has 0 heterocycles.